The number of aliphatic hydroxyl groups excluding tert-OH is 11. The van der Waals surface area contributed by atoms with E-state index in [-0.39, 0.29) is 6.54 Å². The zero-order valence-corrected chi connectivity index (χ0v) is 24.2. The lowest BCUT2D eigenvalue weighted by Crippen LogP contribution is -2.64. The molecule has 3 saturated heterocycles. The Bertz CT molecular complexity index is 903. The fourth-order valence-corrected chi connectivity index (χ4v) is 5.01. The second-order valence-electron chi connectivity index (χ2n) is 11.4. The highest BCUT2D eigenvalue weighted by Crippen LogP contribution is 2.32. The van der Waals surface area contributed by atoms with Gasteiger partial charge in [-0.05, 0) is 6.92 Å². The van der Waals surface area contributed by atoms with Crippen LogP contribution in [-0.2, 0) is 33.2 Å². The number of ether oxygens (including phenoxy) is 6. The topological polar surface area (TPSA) is 307 Å². The van der Waals surface area contributed by atoms with Crippen molar-refractivity contribution in [3.63, 3.8) is 0 Å². The van der Waals surface area contributed by atoms with Crippen molar-refractivity contribution in [3.8, 4) is 0 Å². The Hall–Kier alpha value is -1.21. The van der Waals surface area contributed by atoms with Crippen LogP contribution in [0.25, 0.3) is 0 Å². The van der Waals surface area contributed by atoms with E-state index in [9.17, 15) is 61.0 Å². The summed E-state index contributed by atoms with van der Waals surface area (Å²) in [7, 11) is 0. The van der Waals surface area contributed by atoms with Gasteiger partial charge in [0, 0.05) is 13.5 Å². The molecule has 12 N–H and O–H groups in total. The van der Waals surface area contributed by atoms with E-state index >= 15 is 0 Å². The van der Waals surface area contributed by atoms with E-state index in [1.54, 1.807) is 0 Å². The maximum absolute atomic E-state index is 11.7. The Morgan fingerprint density at radius 1 is 0.705 bits per heavy atom. The molecule has 258 valence electrons. The van der Waals surface area contributed by atoms with Gasteiger partial charge in [0.25, 0.3) is 0 Å². The molecule has 1 amide bonds. The summed E-state index contributed by atoms with van der Waals surface area (Å²) < 4.78 is 33.1. The minimum Gasteiger partial charge on any atom is -0.396 e. The summed E-state index contributed by atoms with van der Waals surface area (Å²) in [6.07, 6.45) is -23.9. The number of nitrogens with one attached hydrogen (secondary N) is 1. The fraction of sp³-hybridized carbons (Fsp3) is 0.960. The minimum atomic E-state index is -1.83. The number of amides is 1. The highest BCUT2D eigenvalue weighted by molar-refractivity contribution is 5.72. The average molecular weight is 648 g/mol. The first-order chi connectivity index (χ1) is 20.7. The van der Waals surface area contributed by atoms with Gasteiger partial charge in [0.05, 0.1) is 44.6 Å². The van der Waals surface area contributed by atoms with Crippen LogP contribution in [-0.4, -0.2) is 194 Å². The van der Waals surface area contributed by atoms with Gasteiger partial charge < -0.3 is 89.9 Å². The molecule has 0 aromatic rings. The first-order valence-corrected chi connectivity index (χ1v) is 14.1. The molecule has 19 heteroatoms. The third-order valence-electron chi connectivity index (χ3n) is 7.95. The van der Waals surface area contributed by atoms with Crippen LogP contribution in [0.1, 0.15) is 13.8 Å². The molecule has 3 aliphatic heterocycles. The lowest BCUT2D eigenvalue weighted by atomic mass is 9.90. The van der Waals surface area contributed by atoms with Crippen molar-refractivity contribution in [1.82, 2.24) is 5.32 Å². The third kappa shape index (κ3) is 8.38. The summed E-state index contributed by atoms with van der Waals surface area (Å²) in [6, 6.07) is 0. The highest BCUT2D eigenvalue weighted by Gasteiger charge is 2.51. The summed E-state index contributed by atoms with van der Waals surface area (Å²) in [5.74, 6) is -0.517. The molecule has 0 aromatic heterocycles. The number of hydrogen-bond donors (Lipinski definition) is 12. The van der Waals surface area contributed by atoms with Crippen molar-refractivity contribution in [3.05, 3.63) is 0 Å². The minimum absolute atomic E-state index is 0.320. The van der Waals surface area contributed by atoms with E-state index in [1.807, 2.05) is 0 Å². The SMILES string of the molecule is CC(=O)NCC(CO)(CO[C@@H]1OC(CO)C(O)[C@H](O)C1OC1OC(C)[C@@H](O)C(O)[C@@H]1O)CO[C@H]1C(O)C(CO)O[C@@H](O)C1O. The van der Waals surface area contributed by atoms with Gasteiger partial charge in [-0.15, -0.1) is 0 Å². The summed E-state index contributed by atoms with van der Waals surface area (Å²) in [5.41, 5.74) is -1.57. The third-order valence-corrected chi connectivity index (χ3v) is 7.95. The first kappa shape index (κ1) is 37.2. The van der Waals surface area contributed by atoms with Crippen molar-refractivity contribution >= 4 is 5.91 Å². The molecule has 0 saturated carbocycles. The largest absolute Gasteiger partial charge is 0.396 e. The van der Waals surface area contributed by atoms with Gasteiger partial charge in [0.1, 0.15) is 67.1 Å². The summed E-state index contributed by atoms with van der Waals surface area (Å²) in [5, 5.41) is 115. The van der Waals surface area contributed by atoms with Gasteiger partial charge in [-0.3, -0.25) is 4.79 Å². The van der Waals surface area contributed by atoms with Gasteiger partial charge in [0.15, 0.2) is 18.9 Å². The van der Waals surface area contributed by atoms with Gasteiger partial charge >= 0.3 is 0 Å². The van der Waals surface area contributed by atoms with Gasteiger partial charge in [0.2, 0.25) is 5.91 Å². The maximum atomic E-state index is 11.7. The molecule has 3 fully saturated rings. The quantitative estimate of drug-likeness (QED) is 0.0883. The predicted molar refractivity (Wildman–Crippen MR) is 139 cm³/mol. The smallest absolute Gasteiger partial charge is 0.216 e. The second kappa shape index (κ2) is 16.1. The Morgan fingerprint density at radius 3 is 1.91 bits per heavy atom. The van der Waals surface area contributed by atoms with Crippen molar-refractivity contribution in [2.75, 3.05) is 39.6 Å². The summed E-state index contributed by atoms with van der Waals surface area (Å²) >= 11 is 0. The maximum Gasteiger partial charge on any atom is 0.216 e. The van der Waals surface area contributed by atoms with Crippen LogP contribution in [0.2, 0.25) is 0 Å². The first-order valence-electron chi connectivity index (χ1n) is 14.1. The van der Waals surface area contributed by atoms with Crippen LogP contribution in [0.4, 0.5) is 0 Å². The number of carbonyl (C=O) groups excluding carboxylic acids is 1. The van der Waals surface area contributed by atoms with E-state index in [0.717, 1.165) is 0 Å². The standard InChI is InChI=1S/C25H45NO18/c1-9-13(31)16(34)18(36)23(41-9)44-21-17(35)14(32)11(3-27)43-24(21)40-8-25(6-29,5-26-10(2)30)7-39-20-15(33)12(4-28)42-22(38)19(20)37/h9,11-24,27-29,31-38H,3-8H2,1-2H3,(H,26,30)/t9?,11?,12?,13-,14?,15?,16?,17+,18+,19?,20+,21?,22-,23?,24-,25?/m1/s1. The van der Waals surface area contributed by atoms with Crippen LogP contribution in [0, 0.1) is 5.41 Å². The molecule has 0 aromatic carbocycles. The molecule has 0 bridgehead atoms. The lowest BCUT2D eigenvalue weighted by Gasteiger charge is -2.46. The van der Waals surface area contributed by atoms with Crippen LogP contribution in [0.3, 0.4) is 0 Å². The van der Waals surface area contributed by atoms with Crippen LogP contribution >= 0.6 is 0 Å². The summed E-state index contributed by atoms with van der Waals surface area (Å²) in [6.45, 7) is -1.11. The van der Waals surface area contributed by atoms with Crippen LogP contribution in [0.15, 0.2) is 0 Å². The Kier molecular flexibility index (Phi) is 13.6. The molecule has 10 unspecified atom stereocenters. The van der Waals surface area contributed by atoms with E-state index < -0.39 is 136 Å². The lowest BCUT2D eigenvalue weighted by molar-refractivity contribution is -0.367. The molecule has 0 aliphatic carbocycles. The number of carbonyl (C=O) groups is 1. The van der Waals surface area contributed by atoms with Gasteiger partial charge in [-0.25, -0.2) is 0 Å². The molecule has 3 rings (SSSR count). The Balaban J connectivity index is 1.82. The van der Waals surface area contributed by atoms with E-state index in [0.29, 0.717) is 0 Å². The molecule has 0 radical (unpaired) electrons. The van der Waals surface area contributed by atoms with E-state index in [2.05, 4.69) is 5.32 Å². The van der Waals surface area contributed by atoms with Crippen LogP contribution < -0.4 is 5.32 Å². The number of rotatable bonds is 13. The Morgan fingerprint density at radius 2 is 1.32 bits per heavy atom. The van der Waals surface area contributed by atoms with Crippen molar-refractivity contribution in [2.45, 2.75) is 106 Å². The zero-order valence-electron chi connectivity index (χ0n) is 24.2. The molecule has 3 aliphatic rings. The number of aliphatic hydroxyl groups is 11. The van der Waals surface area contributed by atoms with Crippen molar-refractivity contribution < 1.29 is 89.4 Å². The number of hydrogen-bond acceptors (Lipinski definition) is 18. The molecular formula is C25H45NO18. The molecule has 44 heavy (non-hydrogen) atoms. The van der Waals surface area contributed by atoms with Crippen LogP contribution in [0.5, 0.6) is 0 Å². The molecule has 19 nitrogen and oxygen atoms in total. The zero-order chi connectivity index (χ0) is 32.9. The highest BCUT2D eigenvalue weighted by atomic mass is 16.8. The van der Waals surface area contributed by atoms with Gasteiger partial charge in [-0.1, -0.05) is 0 Å². The van der Waals surface area contributed by atoms with Gasteiger partial charge in [-0.2, -0.15) is 0 Å². The molecule has 16 atom stereocenters. The van der Waals surface area contributed by atoms with E-state index in [1.165, 1.54) is 13.8 Å². The second-order valence-corrected chi connectivity index (χ2v) is 11.4. The fourth-order valence-electron chi connectivity index (χ4n) is 5.01. The monoisotopic (exact) mass is 647 g/mol. The van der Waals surface area contributed by atoms with Crippen molar-refractivity contribution in [2.24, 2.45) is 5.41 Å². The predicted octanol–water partition coefficient (Wildman–Crippen LogP) is -7.41. The molecule has 3 heterocycles. The van der Waals surface area contributed by atoms with E-state index in [4.69, 9.17) is 28.4 Å². The average Bonchev–Trinajstić information content (AvgIpc) is 3.00. The molecular weight excluding hydrogens is 602 g/mol. The normalized spacial score (nSPS) is 44.6. The van der Waals surface area contributed by atoms with Crippen molar-refractivity contribution in [1.29, 1.82) is 0 Å². The summed E-state index contributed by atoms with van der Waals surface area (Å²) in [4.78, 5) is 11.7. The molecule has 0 spiro atoms. The Labute approximate surface area is 252 Å².